The van der Waals surface area contributed by atoms with Gasteiger partial charge in [-0.05, 0) is 26.0 Å². The second-order valence-electron chi connectivity index (χ2n) is 3.87. The van der Waals surface area contributed by atoms with Gasteiger partial charge in [-0.15, -0.1) is 0 Å². The molecule has 0 saturated carbocycles. The molecule has 1 N–H and O–H groups in total. The van der Waals surface area contributed by atoms with Crippen LogP contribution in [0.3, 0.4) is 0 Å². The quantitative estimate of drug-likeness (QED) is 0.287. The van der Waals surface area contributed by atoms with Gasteiger partial charge in [-0.1, -0.05) is 0 Å². The van der Waals surface area contributed by atoms with Gasteiger partial charge in [-0.2, -0.15) is 0 Å². The van der Waals surface area contributed by atoms with Crippen molar-refractivity contribution in [3.8, 4) is 0 Å². The van der Waals surface area contributed by atoms with Crippen LogP contribution in [0.5, 0.6) is 0 Å². The van der Waals surface area contributed by atoms with Crippen molar-refractivity contribution < 1.29 is 32.2 Å². The molecule has 8 heteroatoms. The Labute approximate surface area is 124 Å². The number of benzene rings is 1. The van der Waals surface area contributed by atoms with E-state index in [1.807, 2.05) is 0 Å². The maximum Gasteiger partial charge on any atom is 0.347 e. The summed E-state index contributed by atoms with van der Waals surface area (Å²) < 4.78 is 48.7. The molecule has 0 bridgehead atoms. The van der Waals surface area contributed by atoms with Crippen molar-refractivity contribution in [3.05, 3.63) is 41.4 Å². The van der Waals surface area contributed by atoms with Crippen molar-refractivity contribution in [1.82, 2.24) is 0 Å². The number of anilines is 1. The zero-order valence-corrected chi connectivity index (χ0v) is 11.9. The molecule has 0 radical (unpaired) electrons. The van der Waals surface area contributed by atoms with Crippen LogP contribution in [0.25, 0.3) is 0 Å². The van der Waals surface area contributed by atoms with E-state index in [1.165, 1.54) is 13.8 Å². The van der Waals surface area contributed by atoms with E-state index in [4.69, 9.17) is 0 Å². The highest BCUT2D eigenvalue weighted by Gasteiger charge is 2.21. The lowest BCUT2D eigenvalue weighted by Gasteiger charge is -2.08. The summed E-state index contributed by atoms with van der Waals surface area (Å²) in [5.41, 5.74) is -0.988. The Kier molecular flexibility index (Phi) is 6.43. The number of nitrogens with one attached hydrogen (secondary N) is 1. The third-order valence-corrected chi connectivity index (χ3v) is 2.40. The van der Waals surface area contributed by atoms with Crippen molar-refractivity contribution >= 4 is 17.6 Å². The molecule has 22 heavy (non-hydrogen) atoms. The minimum Gasteiger partial charge on any atom is -0.462 e. The van der Waals surface area contributed by atoms with Crippen molar-refractivity contribution in [2.75, 3.05) is 18.5 Å². The second-order valence-corrected chi connectivity index (χ2v) is 3.87. The maximum absolute atomic E-state index is 13.5. The molecule has 0 aliphatic carbocycles. The van der Waals surface area contributed by atoms with Gasteiger partial charge in [-0.25, -0.2) is 22.8 Å². The number of carbonyl (C=O) groups is 2. The molecule has 0 aromatic heterocycles. The van der Waals surface area contributed by atoms with Crippen LogP contribution in [-0.4, -0.2) is 25.2 Å². The lowest BCUT2D eigenvalue weighted by Crippen LogP contribution is -2.19. The summed E-state index contributed by atoms with van der Waals surface area (Å²) in [4.78, 5) is 23.3. The maximum atomic E-state index is 13.5. The Morgan fingerprint density at radius 3 is 2.09 bits per heavy atom. The van der Waals surface area contributed by atoms with Crippen LogP contribution >= 0.6 is 0 Å². The standard InChI is InChI=1S/C14H14F3NO4/c1-3-21-13(19)8(14(20)22-4-2)7-18-10-6-5-9(15)11(16)12(10)17/h5-7,18H,3-4H2,1-2H3. The summed E-state index contributed by atoms with van der Waals surface area (Å²) in [6, 6.07) is 1.61. The SMILES string of the molecule is CCOC(=O)C(=CNc1ccc(F)c(F)c1F)C(=O)OCC. The average molecular weight is 317 g/mol. The fourth-order valence-corrected chi connectivity index (χ4v) is 1.41. The second kappa shape index (κ2) is 8.06. The highest BCUT2D eigenvalue weighted by Crippen LogP contribution is 2.20. The first-order chi connectivity index (χ1) is 10.4. The Morgan fingerprint density at radius 1 is 1.05 bits per heavy atom. The lowest BCUT2D eigenvalue weighted by atomic mass is 10.2. The zero-order valence-electron chi connectivity index (χ0n) is 11.9. The van der Waals surface area contributed by atoms with Gasteiger partial charge in [0.15, 0.2) is 23.0 Å². The van der Waals surface area contributed by atoms with Crippen molar-refractivity contribution in [3.63, 3.8) is 0 Å². The zero-order chi connectivity index (χ0) is 16.7. The first-order valence-corrected chi connectivity index (χ1v) is 6.36. The normalized spacial score (nSPS) is 9.86. The van der Waals surface area contributed by atoms with Crippen molar-refractivity contribution in [2.45, 2.75) is 13.8 Å². The summed E-state index contributed by atoms with van der Waals surface area (Å²) in [6.45, 7) is 3.08. The van der Waals surface area contributed by atoms with Crippen LogP contribution in [0.15, 0.2) is 23.9 Å². The molecule has 0 heterocycles. The first kappa shape index (κ1) is 17.5. The third kappa shape index (κ3) is 4.24. The van der Waals surface area contributed by atoms with E-state index in [2.05, 4.69) is 14.8 Å². The molecule has 5 nitrogen and oxygen atoms in total. The van der Waals surface area contributed by atoms with Crippen LogP contribution in [-0.2, 0) is 19.1 Å². The van der Waals surface area contributed by atoms with Crippen molar-refractivity contribution in [1.29, 1.82) is 0 Å². The van der Waals surface area contributed by atoms with E-state index in [-0.39, 0.29) is 13.2 Å². The number of carbonyl (C=O) groups excluding carboxylic acids is 2. The number of ether oxygens (including phenoxy) is 2. The van der Waals surface area contributed by atoms with Crippen LogP contribution < -0.4 is 5.32 Å². The minimum atomic E-state index is -1.67. The molecular formula is C14H14F3NO4. The van der Waals surface area contributed by atoms with Crippen LogP contribution in [0.1, 0.15) is 13.8 Å². The highest BCUT2D eigenvalue weighted by atomic mass is 19.2. The number of esters is 2. The Hall–Kier alpha value is -2.51. The molecule has 1 rings (SSSR count). The van der Waals surface area contributed by atoms with Gasteiger partial charge in [0.2, 0.25) is 0 Å². The molecule has 0 spiro atoms. The average Bonchev–Trinajstić information content (AvgIpc) is 2.48. The largest absolute Gasteiger partial charge is 0.462 e. The fraction of sp³-hybridized carbons (Fsp3) is 0.286. The summed E-state index contributed by atoms with van der Waals surface area (Å²) in [6.07, 6.45) is 0.811. The predicted octanol–water partition coefficient (Wildman–Crippen LogP) is 2.53. The Bertz CT molecular complexity index is 582. The van der Waals surface area contributed by atoms with E-state index in [0.29, 0.717) is 6.07 Å². The molecule has 0 unspecified atom stereocenters. The molecule has 0 amide bonds. The summed E-state index contributed by atoms with van der Waals surface area (Å²) in [5, 5.41) is 2.21. The topological polar surface area (TPSA) is 64.6 Å². The van der Waals surface area contributed by atoms with Crippen LogP contribution in [0.4, 0.5) is 18.9 Å². The highest BCUT2D eigenvalue weighted by molar-refractivity contribution is 6.14. The first-order valence-electron chi connectivity index (χ1n) is 6.36. The van der Waals surface area contributed by atoms with E-state index in [1.54, 1.807) is 0 Å². The monoisotopic (exact) mass is 317 g/mol. The number of hydrogen-bond acceptors (Lipinski definition) is 5. The third-order valence-electron chi connectivity index (χ3n) is 2.40. The molecule has 0 aliphatic heterocycles. The smallest absolute Gasteiger partial charge is 0.347 e. The van der Waals surface area contributed by atoms with Gasteiger partial charge in [0.25, 0.3) is 0 Å². The van der Waals surface area contributed by atoms with Gasteiger partial charge < -0.3 is 14.8 Å². The lowest BCUT2D eigenvalue weighted by molar-refractivity contribution is -0.146. The van der Waals surface area contributed by atoms with E-state index in [0.717, 1.165) is 12.3 Å². The molecule has 1 aromatic rings. The van der Waals surface area contributed by atoms with Crippen LogP contribution in [0, 0.1) is 17.5 Å². The summed E-state index contributed by atoms with van der Waals surface area (Å²) in [5.74, 6) is -6.49. The van der Waals surface area contributed by atoms with E-state index < -0.39 is 40.7 Å². The van der Waals surface area contributed by atoms with Crippen LogP contribution in [0.2, 0.25) is 0 Å². The molecule has 1 aromatic carbocycles. The Morgan fingerprint density at radius 2 is 1.59 bits per heavy atom. The molecule has 0 fully saturated rings. The summed E-state index contributed by atoms with van der Waals surface area (Å²) >= 11 is 0. The Balaban J connectivity index is 3.05. The van der Waals surface area contributed by atoms with Gasteiger partial charge in [0.1, 0.15) is 0 Å². The van der Waals surface area contributed by atoms with E-state index >= 15 is 0 Å². The van der Waals surface area contributed by atoms with E-state index in [9.17, 15) is 22.8 Å². The van der Waals surface area contributed by atoms with Gasteiger partial charge in [-0.3, -0.25) is 0 Å². The molecule has 0 aliphatic rings. The number of rotatable bonds is 6. The molecule has 120 valence electrons. The number of hydrogen-bond donors (Lipinski definition) is 1. The molecule has 0 atom stereocenters. The number of halogens is 3. The van der Waals surface area contributed by atoms with Gasteiger partial charge in [0.05, 0.1) is 18.9 Å². The predicted molar refractivity (Wildman–Crippen MR) is 71.3 cm³/mol. The minimum absolute atomic E-state index is 0.00904. The fourth-order valence-electron chi connectivity index (χ4n) is 1.41. The van der Waals surface area contributed by atoms with Crippen molar-refractivity contribution in [2.24, 2.45) is 0 Å². The van der Waals surface area contributed by atoms with Gasteiger partial charge in [0, 0.05) is 6.20 Å². The summed E-state index contributed by atoms with van der Waals surface area (Å²) in [7, 11) is 0. The molecular weight excluding hydrogens is 303 g/mol. The van der Waals surface area contributed by atoms with Gasteiger partial charge >= 0.3 is 11.9 Å². The molecule has 0 saturated heterocycles.